The molecule has 7 heteroatoms. The quantitative estimate of drug-likeness (QED) is 0.671. The lowest BCUT2D eigenvalue weighted by molar-refractivity contribution is 0.270. The number of nitrogens with two attached hydrogens (primary N) is 1. The Balaban J connectivity index is 2.99. The molecule has 5 nitrogen and oxygen atoms in total. The topological polar surface area (TPSA) is 92.4 Å². The molecule has 0 bridgehead atoms. The Labute approximate surface area is 106 Å². The van der Waals surface area contributed by atoms with Crippen LogP contribution >= 0.6 is 0 Å². The second kappa shape index (κ2) is 6.12. The van der Waals surface area contributed by atoms with Crippen LogP contribution in [0.3, 0.4) is 0 Å². The number of anilines is 1. The van der Waals surface area contributed by atoms with Gasteiger partial charge in [-0.15, -0.1) is 0 Å². The fourth-order valence-corrected chi connectivity index (χ4v) is 3.02. The first-order valence-electron chi connectivity index (χ1n) is 5.59. The molecule has 0 aromatic heterocycles. The molecule has 0 fully saturated rings. The number of nitrogen functional groups attached to an aromatic ring is 1. The lowest BCUT2D eigenvalue weighted by Gasteiger charge is -2.16. The first-order chi connectivity index (χ1) is 8.40. The molecule has 0 aliphatic carbocycles. The molecule has 1 aromatic rings. The molecule has 4 N–H and O–H groups in total. The van der Waals surface area contributed by atoms with Crippen molar-refractivity contribution in [3.63, 3.8) is 0 Å². The van der Waals surface area contributed by atoms with Crippen molar-refractivity contribution < 1.29 is 17.9 Å². The van der Waals surface area contributed by atoms with Gasteiger partial charge in [-0.1, -0.05) is 6.92 Å². The van der Waals surface area contributed by atoms with Crippen LogP contribution < -0.4 is 10.5 Å². The third-order valence-electron chi connectivity index (χ3n) is 2.55. The van der Waals surface area contributed by atoms with Gasteiger partial charge in [0.15, 0.2) is 0 Å². The van der Waals surface area contributed by atoms with Gasteiger partial charge in [-0.2, -0.15) is 0 Å². The van der Waals surface area contributed by atoms with Crippen molar-refractivity contribution in [1.82, 2.24) is 4.72 Å². The summed E-state index contributed by atoms with van der Waals surface area (Å²) in [6, 6.07) is 2.75. The molecule has 0 saturated carbocycles. The Morgan fingerprint density at radius 1 is 1.50 bits per heavy atom. The highest BCUT2D eigenvalue weighted by Gasteiger charge is 2.21. The molecule has 1 rings (SSSR count). The zero-order valence-electron chi connectivity index (χ0n) is 10.1. The van der Waals surface area contributed by atoms with Crippen LogP contribution in [-0.2, 0) is 10.0 Å². The van der Waals surface area contributed by atoms with Crippen molar-refractivity contribution in [2.75, 3.05) is 12.3 Å². The van der Waals surface area contributed by atoms with Gasteiger partial charge in [0.05, 0.1) is 5.69 Å². The van der Waals surface area contributed by atoms with Crippen molar-refractivity contribution >= 4 is 15.7 Å². The normalized spacial score (nSPS) is 13.5. The number of aliphatic hydroxyl groups excluding tert-OH is 1. The maximum absolute atomic E-state index is 12.9. The third kappa shape index (κ3) is 3.66. The summed E-state index contributed by atoms with van der Waals surface area (Å²) < 4.78 is 39.3. The maximum atomic E-state index is 12.9. The Morgan fingerprint density at radius 3 is 2.67 bits per heavy atom. The first-order valence-corrected chi connectivity index (χ1v) is 7.07. The van der Waals surface area contributed by atoms with Crippen LogP contribution in [0.25, 0.3) is 0 Å². The van der Waals surface area contributed by atoms with Gasteiger partial charge in [0, 0.05) is 12.6 Å². The van der Waals surface area contributed by atoms with Gasteiger partial charge in [-0.3, -0.25) is 0 Å². The molecule has 1 unspecified atom stereocenters. The highest BCUT2D eigenvalue weighted by molar-refractivity contribution is 7.89. The van der Waals surface area contributed by atoms with Gasteiger partial charge in [-0.05, 0) is 31.0 Å². The number of halogens is 1. The molecule has 0 spiro atoms. The van der Waals surface area contributed by atoms with E-state index < -0.39 is 15.8 Å². The van der Waals surface area contributed by atoms with E-state index in [0.29, 0.717) is 12.8 Å². The molecule has 1 atom stereocenters. The van der Waals surface area contributed by atoms with Gasteiger partial charge in [-0.25, -0.2) is 17.5 Å². The van der Waals surface area contributed by atoms with Crippen molar-refractivity contribution in [2.24, 2.45) is 0 Å². The summed E-state index contributed by atoms with van der Waals surface area (Å²) in [6.07, 6.45) is 0.859. The minimum atomic E-state index is -3.79. The van der Waals surface area contributed by atoms with E-state index >= 15 is 0 Å². The average molecular weight is 276 g/mol. The zero-order chi connectivity index (χ0) is 13.8. The highest BCUT2D eigenvalue weighted by atomic mass is 32.2. The van der Waals surface area contributed by atoms with Gasteiger partial charge in [0.1, 0.15) is 10.7 Å². The molecular weight excluding hydrogens is 259 g/mol. The van der Waals surface area contributed by atoms with Crippen LogP contribution in [0.5, 0.6) is 0 Å². The molecule has 1 aromatic carbocycles. The molecule has 0 aliphatic rings. The van der Waals surface area contributed by atoms with E-state index in [1.165, 1.54) is 0 Å². The van der Waals surface area contributed by atoms with E-state index in [4.69, 9.17) is 10.8 Å². The maximum Gasteiger partial charge on any atom is 0.242 e. The molecular formula is C11H17FN2O3S. The summed E-state index contributed by atoms with van der Waals surface area (Å²) in [7, 11) is -3.79. The van der Waals surface area contributed by atoms with E-state index in [-0.39, 0.29) is 23.2 Å². The Kier molecular flexibility index (Phi) is 5.06. The minimum absolute atomic E-state index is 0.111. The van der Waals surface area contributed by atoms with E-state index in [2.05, 4.69) is 4.72 Å². The smallest absolute Gasteiger partial charge is 0.242 e. The standard InChI is InChI=1S/C11H17FN2O3S/c1-2-9(5-6-15)14-18(16,17)11-4-3-8(12)7-10(11)13/h3-4,7,9,14-15H,2,5-6,13H2,1H3. The molecule has 102 valence electrons. The molecule has 0 aliphatic heterocycles. The van der Waals surface area contributed by atoms with Crippen LogP contribution in [0.1, 0.15) is 19.8 Å². The van der Waals surface area contributed by atoms with E-state index in [1.54, 1.807) is 6.92 Å². The van der Waals surface area contributed by atoms with Crippen molar-refractivity contribution in [3.8, 4) is 0 Å². The Hall–Kier alpha value is -1.18. The summed E-state index contributed by atoms with van der Waals surface area (Å²) in [4.78, 5) is -0.153. The van der Waals surface area contributed by atoms with Crippen molar-refractivity contribution in [2.45, 2.75) is 30.7 Å². The predicted molar refractivity (Wildman–Crippen MR) is 66.9 cm³/mol. The van der Waals surface area contributed by atoms with Crippen molar-refractivity contribution in [1.29, 1.82) is 0 Å². The van der Waals surface area contributed by atoms with Crippen LogP contribution in [0.4, 0.5) is 10.1 Å². The molecule has 0 heterocycles. The van der Waals surface area contributed by atoms with Gasteiger partial charge < -0.3 is 10.8 Å². The van der Waals surface area contributed by atoms with Crippen LogP contribution in [0, 0.1) is 5.82 Å². The fourth-order valence-electron chi connectivity index (χ4n) is 1.55. The lowest BCUT2D eigenvalue weighted by atomic mass is 10.2. The number of rotatable bonds is 6. The number of hydrogen-bond donors (Lipinski definition) is 3. The number of benzene rings is 1. The van der Waals surface area contributed by atoms with Crippen LogP contribution in [0.2, 0.25) is 0 Å². The average Bonchev–Trinajstić information content (AvgIpc) is 2.27. The predicted octanol–water partition coefficient (Wildman–Crippen LogP) is 0.847. The van der Waals surface area contributed by atoms with E-state index in [0.717, 1.165) is 18.2 Å². The third-order valence-corrected chi connectivity index (χ3v) is 4.15. The number of hydrogen-bond acceptors (Lipinski definition) is 4. The summed E-state index contributed by atoms with van der Waals surface area (Å²) in [5, 5.41) is 8.82. The molecule has 18 heavy (non-hydrogen) atoms. The van der Waals surface area contributed by atoms with Gasteiger partial charge in [0.25, 0.3) is 0 Å². The second-order valence-corrected chi connectivity index (χ2v) is 5.60. The summed E-state index contributed by atoms with van der Waals surface area (Å²) >= 11 is 0. The number of nitrogens with one attached hydrogen (secondary N) is 1. The fraction of sp³-hybridized carbons (Fsp3) is 0.455. The van der Waals surface area contributed by atoms with Crippen LogP contribution in [0.15, 0.2) is 23.1 Å². The van der Waals surface area contributed by atoms with E-state index in [9.17, 15) is 12.8 Å². The number of aliphatic hydroxyl groups is 1. The summed E-state index contributed by atoms with van der Waals surface area (Å²) in [6.45, 7) is 1.69. The summed E-state index contributed by atoms with van der Waals surface area (Å²) in [5.74, 6) is -0.589. The first kappa shape index (κ1) is 14.9. The largest absolute Gasteiger partial charge is 0.398 e. The van der Waals surface area contributed by atoms with Crippen LogP contribution in [-0.4, -0.2) is 26.2 Å². The number of sulfonamides is 1. The summed E-state index contributed by atoms with van der Waals surface area (Å²) in [5.41, 5.74) is 5.35. The van der Waals surface area contributed by atoms with Crippen molar-refractivity contribution in [3.05, 3.63) is 24.0 Å². The lowest BCUT2D eigenvalue weighted by Crippen LogP contribution is -2.35. The van der Waals surface area contributed by atoms with E-state index in [1.807, 2.05) is 0 Å². The zero-order valence-corrected chi connectivity index (χ0v) is 10.9. The second-order valence-electron chi connectivity index (χ2n) is 3.92. The monoisotopic (exact) mass is 276 g/mol. The molecule has 0 amide bonds. The molecule has 0 saturated heterocycles. The SMILES string of the molecule is CCC(CCO)NS(=O)(=O)c1ccc(F)cc1N. The Morgan fingerprint density at radius 2 is 2.17 bits per heavy atom. The van der Waals surface area contributed by atoms with Gasteiger partial charge >= 0.3 is 0 Å². The Bertz CT molecular complexity index is 505. The highest BCUT2D eigenvalue weighted by Crippen LogP contribution is 2.19. The van der Waals surface area contributed by atoms with Gasteiger partial charge in [0.2, 0.25) is 10.0 Å². The molecule has 0 radical (unpaired) electrons. The minimum Gasteiger partial charge on any atom is -0.398 e.